The van der Waals surface area contributed by atoms with Crippen LogP contribution in [0.25, 0.3) is 0 Å². The lowest BCUT2D eigenvalue weighted by atomic mass is 10.1. The summed E-state index contributed by atoms with van der Waals surface area (Å²) < 4.78 is 126. The fraction of sp³-hybridized carbons (Fsp3) is 0.400. The van der Waals surface area contributed by atoms with E-state index < -0.39 is 79.8 Å². The van der Waals surface area contributed by atoms with Crippen molar-refractivity contribution < 1.29 is 25.3 Å². The summed E-state index contributed by atoms with van der Waals surface area (Å²) in [6.07, 6.45) is -4.41. The number of aromatic nitrogens is 2. The third-order valence-corrected chi connectivity index (χ3v) is 1.90. The Bertz CT molecular complexity index is 1080. The number of benzene rings is 1. The molecule has 1 aromatic heterocycles. The smallest absolute Gasteiger partial charge is 0.124 e. The van der Waals surface area contributed by atoms with Gasteiger partial charge in [-0.05, 0) is 25.7 Å². The van der Waals surface area contributed by atoms with E-state index in [0.29, 0.717) is 0 Å². The van der Waals surface area contributed by atoms with Crippen LogP contribution in [0, 0.1) is 0 Å². The number of hydrogen-bond donors (Lipinski definition) is 0. The van der Waals surface area contributed by atoms with Crippen LogP contribution in [0.5, 0.6) is 0 Å². The molecule has 0 amide bonds. The van der Waals surface area contributed by atoms with Gasteiger partial charge in [-0.25, -0.2) is 0 Å². The lowest BCUT2D eigenvalue weighted by Crippen LogP contribution is -2.20. The summed E-state index contributed by atoms with van der Waals surface area (Å²) in [5.41, 5.74) is -2.23. The maximum absolute atomic E-state index is 8.97. The molecule has 4 nitrogen and oxygen atoms in total. The highest BCUT2D eigenvalue weighted by Crippen LogP contribution is 2.25. The van der Waals surface area contributed by atoms with Crippen molar-refractivity contribution in [2.24, 2.45) is 6.98 Å². The Labute approximate surface area is 135 Å². The largest absolute Gasteiger partial charge is 0.366 e. The second-order valence-corrected chi connectivity index (χ2v) is 3.54. The first kappa shape index (κ1) is 4.17. The highest BCUT2D eigenvalue weighted by Gasteiger charge is 2.17. The van der Waals surface area contributed by atoms with Crippen LogP contribution in [0.3, 0.4) is 0 Å². The van der Waals surface area contributed by atoms with Gasteiger partial charge in [-0.15, -0.1) is 0 Å². The average Bonchev–Trinajstić information content (AvgIpc) is 3.00. The van der Waals surface area contributed by atoms with Gasteiger partial charge >= 0.3 is 0 Å². The molecule has 19 heavy (non-hydrogen) atoms. The van der Waals surface area contributed by atoms with E-state index in [9.17, 15) is 0 Å². The second-order valence-electron chi connectivity index (χ2n) is 3.54. The van der Waals surface area contributed by atoms with Crippen molar-refractivity contribution in [3.63, 3.8) is 0 Å². The van der Waals surface area contributed by atoms with Gasteiger partial charge in [-0.1, -0.05) is 30.2 Å². The third-order valence-electron chi connectivity index (χ3n) is 1.90. The standard InChI is InChI=1S/C15H21N3O/c1-17(2)11-12-19-15(13-7-5-4-6-8-13)14-9-10-16-18(14)3/h4-10,15H,11-12H2,1-3H3/i3D3,4D,5D,6D,7D,8D,9D,10D,11D2,12D2,15D. The highest BCUT2D eigenvalue weighted by atomic mass is 16.5. The van der Waals surface area contributed by atoms with Crippen LogP contribution in [0.1, 0.15) is 37.9 Å². The van der Waals surface area contributed by atoms with Crippen molar-refractivity contribution in [3.8, 4) is 0 Å². The predicted octanol–water partition coefficient (Wildman–Crippen LogP) is 2.09. The monoisotopic (exact) mass is 274 g/mol. The van der Waals surface area contributed by atoms with E-state index in [2.05, 4.69) is 5.10 Å². The van der Waals surface area contributed by atoms with Crippen LogP contribution in [-0.2, 0) is 11.7 Å². The van der Waals surface area contributed by atoms with Gasteiger partial charge in [0.1, 0.15) is 6.08 Å². The minimum absolute atomic E-state index is 0.0205. The molecule has 1 atom stereocenters. The molecule has 0 bridgehead atoms. The average molecular weight is 274 g/mol. The fourth-order valence-corrected chi connectivity index (χ4v) is 1.13. The molecule has 1 unspecified atom stereocenters. The summed E-state index contributed by atoms with van der Waals surface area (Å²) in [6.45, 7) is -9.75. The Balaban J connectivity index is 3.10. The maximum Gasteiger partial charge on any atom is 0.124 e. The van der Waals surface area contributed by atoms with Crippen LogP contribution in [0.4, 0.5) is 0 Å². The molecule has 0 N–H and O–H groups in total. The van der Waals surface area contributed by atoms with Gasteiger partial charge in [-0.2, -0.15) is 5.10 Å². The molecule has 0 saturated carbocycles. The van der Waals surface area contributed by atoms with Gasteiger partial charge in [-0.3, -0.25) is 4.68 Å². The number of likely N-dealkylation sites (N-methyl/N-ethyl adjacent to an activating group) is 1. The number of aryl methyl sites for hydroxylation is 1. The van der Waals surface area contributed by atoms with E-state index in [1.165, 1.54) is 0 Å². The molecule has 102 valence electrons. The molecule has 2 rings (SSSR count). The summed E-state index contributed by atoms with van der Waals surface area (Å²) in [7, 11) is 2.28. The normalized spacial score (nSPS) is 28.1. The van der Waals surface area contributed by atoms with Gasteiger partial charge in [0.05, 0.1) is 26.0 Å². The van der Waals surface area contributed by atoms with Gasteiger partial charge in [0.25, 0.3) is 0 Å². The van der Waals surface area contributed by atoms with Crippen molar-refractivity contribution in [3.05, 3.63) is 53.7 Å². The number of rotatable bonds is 6. The molecule has 0 aliphatic heterocycles. The van der Waals surface area contributed by atoms with Gasteiger partial charge in [0.2, 0.25) is 0 Å². The van der Waals surface area contributed by atoms with Crippen LogP contribution in [-0.4, -0.2) is 41.8 Å². The Morgan fingerprint density at radius 2 is 2.26 bits per heavy atom. The van der Waals surface area contributed by atoms with E-state index in [1.54, 1.807) is 0 Å². The molecule has 0 aliphatic rings. The Kier molecular flexibility index (Phi) is 1.43. The summed E-state index contributed by atoms with van der Waals surface area (Å²) >= 11 is 0. The second kappa shape index (κ2) is 6.50. The van der Waals surface area contributed by atoms with Crippen molar-refractivity contribution in [2.75, 3.05) is 27.2 Å². The summed E-state index contributed by atoms with van der Waals surface area (Å²) in [4.78, 5) is 0.744. The molecular weight excluding hydrogens is 238 g/mol. The predicted molar refractivity (Wildman–Crippen MR) is 76.0 cm³/mol. The molecule has 0 fully saturated rings. The van der Waals surface area contributed by atoms with Crippen molar-refractivity contribution >= 4 is 0 Å². The fourth-order valence-electron chi connectivity index (χ4n) is 1.13. The molecule has 0 saturated heterocycles. The van der Waals surface area contributed by atoms with Crippen LogP contribution < -0.4 is 0 Å². The first-order valence-corrected chi connectivity index (χ1v) is 5.15. The molecule has 0 radical (unpaired) electrons. The van der Waals surface area contributed by atoms with Crippen LogP contribution in [0.15, 0.2) is 42.4 Å². The zero-order chi connectivity index (χ0) is 26.8. The number of nitrogens with zero attached hydrogens (tertiary/aromatic N) is 3. The molecule has 0 spiro atoms. The maximum atomic E-state index is 8.97. The summed E-state index contributed by atoms with van der Waals surface area (Å²) in [5, 5.41) is 3.38. The molecule has 4 heteroatoms. The first-order valence-electron chi connectivity index (χ1n) is 12.6. The van der Waals surface area contributed by atoms with Crippen LogP contribution in [0.2, 0.25) is 0 Å². The van der Waals surface area contributed by atoms with Crippen molar-refractivity contribution in [1.82, 2.24) is 14.7 Å². The van der Waals surface area contributed by atoms with E-state index in [-0.39, 0.29) is 4.68 Å². The third kappa shape index (κ3) is 3.66. The quantitative estimate of drug-likeness (QED) is 0.808. The van der Waals surface area contributed by atoms with E-state index in [4.69, 9.17) is 25.3 Å². The minimum atomic E-state index is -3.49. The molecule has 2 aromatic rings. The molecule has 1 heterocycles. The lowest BCUT2D eigenvalue weighted by Gasteiger charge is -2.20. The topological polar surface area (TPSA) is 30.3 Å². The minimum Gasteiger partial charge on any atom is -0.366 e. The SMILES string of the molecule is [2H]c1nn(C([2H])([2H])[2H])c(C([2H])(OC([2H])([2H])C([2H])([2H])N(C)C)c2c([2H])c([2H])c([2H])c([2H])c2[2H])c1[2H]. The first-order chi connectivity index (χ1) is 15.1. The molecule has 1 aromatic carbocycles. The summed E-state index contributed by atoms with van der Waals surface area (Å²) in [6, 6.07) is -6.02. The van der Waals surface area contributed by atoms with Gasteiger partial charge in [0, 0.05) is 26.5 Å². The van der Waals surface area contributed by atoms with Crippen LogP contribution >= 0.6 is 0 Å². The van der Waals surface area contributed by atoms with Gasteiger partial charge in [0.15, 0.2) is 0 Å². The van der Waals surface area contributed by atoms with E-state index in [0.717, 1.165) is 19.0 Å². The zero-order valence-corrected chi connectivity index (χ0v) is 10.2. The highest BCUT2D eigenvalue weighted by molar-refractivity contribution is 5.25. The number of ether oxygens (including phenoxy) is 1. The Morgan fingerprint density at radius 1 is 1.47 bits per heavy atom. The summed E-state index contributed by atoms with van der Waals surface area (Å²) in [5.74, 6) is 0. The zero-order valence-electron chi connectivity index (χ0n) is 25.2. The molecular formula is C15H21N3O. The number of hydrogen-bond acceptors (Lipinski definition) is 3. The van der Waals surface area contributed by atoms with Gasteiger partial charge < -0.3 is 9.64 Å². The van der Waals surface area contributed by atoms with Crippen molar-refractivity contribution in [1.29, 1.82) is 0 Å². The van der Waals surface area contributed by atoms with E-state index in [1.807, 2.05) is 0 Å². The Morgan fingerprint density at radius 3 is 2.95 bits per heavy atom. The van der Waals surface area contributed by atoms with Crippen molar-refractivity contribution in [2.45, 2.75) is 6.08 Å². The lowest BCUT2D eigenvalue weighted by molar-refractivity contribution is 0.0638. The molecule has 0 aliphatic carbocycles. The van der Waals surface area contributed by atoms with E-state index >= 15 is 0 Å². The Hall–Kier alpha value is -1.65.